The second-order valence-electron chi connectivity index (χ2n) is 6.13. The van der Waals surface area contributed by atoms with Crippen LogP contribution in [0.15, 0.2) is 24.3 Å². The molecule has 1 atom stereocenters. The summed E-state index contributed by atoms with van der Waals surface area (Å²) in [5.74, 6) is -0.916. The first kappa shape index (κ1) is 16.2. The summed E-state index contributed by atoms with van der Waals surface area (Å²) in [5, 5.41) is 11.7. The molecule has 1 unspecified atom stereocenters. The molecule has 0 heterocycles. The van der Waals surface area contributed by atoms with E-state index in [-0.39, 0.29) is 22.8 Å². The van der Waals surface area contributed by atoms with Crippen LogP contribution in [0.1, 0.15) is 43.6 Å². The molecule has 0 aliphatic heterocycles. The van der Waals surface area contributed by atoms with Gasteiger partial charge in [-0.1, -0.05) is 39.8 Å². The molecule has 0 spiro atoms. The Bertz CT molecular complexity index is 471. The average molecular weight is 277 g/mol. The number of carboxylic acid groups (broad SMARTS) is 1. The van der Waals surface area contributed by atoms with Crippen molar-refractivity contribution in [2.45, 2.75) is 34.1 Å². The summed E-state index contributed by atoms with van der Waals surface area (Å²) in [7, 11) is 0. The predicted octanol–water partition coefficient (Wildman–Crippen LogP) is 2.73. The van der Waals surface area contributed by atoms with Crippen LogP contribution in [0.5, 0.6) is 0 Å². The maximum atomic E-state index is 11.9. The van der Waals surface area contributed by atoms with Crippen molar-refractivity contribution in [3.63, 3.8) is 0 Å². The zero-order valence-corrected chi connectivity index (χ0v) is 12.6. The van der Waals surface area contributed by atoms with Crippen molar-refractivity contribution in [1.29, 1.82) is 0 Å². The van der Waals surface area contributed by atoms with Gasteiger partial charge in [0.2, 0.25) is 5.91 Å². The second kappa shape index (κ2) is 6.55. The lowest BCUT2D eigenvalue weighted by Crippen LogP contribution is -2.37. The highest BCUT2D eigenvalue weighted by atomic mass is 16.4. The van der Waals surface area contributed by atoms with Gasteiger partial charge in [-0.15, -0.1) is 0 Å². The molecule has 1 aromatic rings. The van der Waals surface area contributed by atoms with Gasteiger partial charge in [-0.25, -0.2) is 4.79 Å². The zero-order chi connectivity index (χ0) is 15.3. The molecule has 0 aliphatic rings. The summed E-state index contributed by atoms with van der Waals surface area (Å²) in [5.41, 5.74) is 1.24. The van der Waals surface area contributed by atoms with Crippen LogP contribution in [0.2, 0.25) is 0 Å². The fourth-order valence-electron chi connectivity index (χ4n) is 1.69. The van der Waals surface area contributed by atoms with Gasteiger partial charge in [-0.2, -0.15) is 0 Å². The van der Waals surface area contributed by atoms with E-state index < -0.39 is 5.97 Å². The molecule has 0 aliphatic carbocycles. The van der Waals surface area contributed by atoms with Crippen molar-refractivity contribution in [2.24, 2.45) is 11.3 Å². The number of hydrogen-bond donors (Lipinski definition) is 2. The fraction of sp³-hybridized carbons (Fsp3) is 0.500. The van der Waals surface area contributed by atoms with E-state index in [2.05, 4.69) is 5.32 Å². The molecular formula is C16H23NO3. The number of aromatic carboxylic acids is 1. The molecule has 0 saturated heterocycles. The van der Waals surface area contributed by atoms with E-state index in [0.29, 0.717) is 13.0 Å². The van der Waals surface area contributed by atoms with Gasteiger partial charge in [0.15, 0.2) is 0 Å². The number of carboxylic acids is 1. The van der Waals surface area contributed by atoms with E-state index in [0.717, 1.165) is 5.56 Å². The summed E-state index contributed by atoms with van der Waals surface area (Å²) >= 11 is 0. The van der Waals surface area contributed by atoms with Gasteiger partial charge < -0.3 is 10.4 Å². The molecule has 4 nitrogen and oxygen atoms in total. The van der Waals surface area contributed by atoms with Crippen molar-refractivity contribution in [1.82, 2.24) is 5.32 Å². The third-order valence-electron chi connectivity index (χ3n) is 3.61. The van der Waals surface area contributed by atoms with E-state index in [1.165, 1.54) is 0 Å². The van der Waals surface area contributed by atoms with E-state index >= 15 is 0 Å². The number of amides is 1. The lowest BCUT2D eigenvalue weighted by Gasteiger charge is -2.26. The van der Waals surface area contributed by atoms with Crippen LogP contribution in [0.4, 0.5) is 0 Å². The standard InChI is InChI=1S/C16H23NO3/c1-11(16(2,3)4)14(18)17-10-9-12-5-7-13(8-6-12)15(19)20/h5-8,11H,9-10H2,1-4H3,(H,17,18)(H,19,20). The highest BCUT2D eigenvalue weighted by Gasteiger charge is 2.26. The predicted molar refractivity (Wildman–Crippen MR) is 78.7 cm³/mol. The molecule has 1 aromatic carbocycles. The topological polar surface area (TPSA) is 66.4 Å². The van der Waals surface area contributed by atoms with Gasteiger partial charge >= 0.3 is 5.97 Å². The molecular weight excluding hydrogens is 254 g/mol. The molecule has 0 radical (unpaired) electrons. The highest BCUT2D eigenvalue weighted by molar-refractivity contribution is 5.87. The summed E-state index contributed by atoms with van der Waals surface area (Å²) in [6, 6.07) is 6.72. The number of rotatable bonds is 5. The smallest absolute Gasteiger partial charge is 0.335 e. The van der Waals surface area contributed by atoms with Crippen molar-refractivity contribution in [2.75, 3.05) is 6.54 Å². The Morgan fingerprint density at radius 3 is 2.20 bits per heavy atom. The molecule has 0 saturated carbocycles. The minimum atomic E-state index is -0.927. The van der Waals surface area contributed by atoms with Gasteiger partial charge in [0, 0.05) is 12.5 Å². The van der Waals surface area contributed by atoms with Crippen LogP contribution in [0.25, 0.3) is 0 Å². The maximum Gasteiger partial charge on any atom is 0.335 e. The lowest BCUT2D eigenvalue weighted by atomic mass is 9.81. The normalized spacial score (nSPS) is 12.8. The fourth-order valence-corrected chi connectivity index (χ4v) is 1.69. The average Bonchev–Trinajstić information content (AvgIpc) is 2.37. The summed E-state index contributed by atoms with van der Waals surface area (Å²) in [6.45, 7) is 8.62. The third-order valence-corrected chi connectivity index (χ3v) is 3.61. The summed E-state index contributed by atoms with van der Waals surface area (Å²) in [6.07, 6.45) is 0.697. The Balaban J connectivity index is 2.45. The van der Waals surface area contributed by atoms with Gasteiger partial charge in [0.05, 0.1) is 5.56 Å². The Morgan fingerprint density at radius 1 is 1.20 bits per heavy atom. The summed E-state index contributed by atoms with van der Waals surface area (Å²) in [4.78, 5) is 22.7. The number of benzene rings is 1. The van der Waals surface area contributed by atoms with Crippen LogP contribution < -0.4 is 5.32 Å². The first-order valence-electron chi connectivity index (χ1n) is 6.82. The number of nitrogens with one attached hydrogen (secondary N) is 1. The van der Waals surface area contributed by atoms with Crippen LogP contribution in [0, 0.1) is 11.3 Å². The van der Waals surface area contributed by atoms with E-state index in [1.807, 2.05) is 27.7 Å². The van der Waals surface area contributed by atoms with Crippen LogP contribution in [0.3, 0.4) is 0 Å². The van der Waals surface area contributed by atoms with Gasteiger partial charge in [0.25, 0.3) is 0 Å². The largest absolute Gasteiger partial charge is 0.478 e. The molecule has 0 aromatic heterocycles. The SMILES string of the molecule is CC(C(=O)NCCc1ccc(C(=O)O)cc1)C(C)(C)C. The highest BCUT2D eigenvalue weighted by Crippen LogP contribution is 2.25. The number of hydrogen-bond acceptors (Lipinski definition) is 2. The Labute approximate surface area is 120 Å². The van der Waals surface area contributed by atoms with Crippen molar-refractivity contribution in [3.8, 4) is 0 Å². The molecule has 0 bridgehead atoms. The van der Waals surface area contributed by atoms with Crippen LogP contribution in [-0.4, -0.2) is 23.5 Å². The van der Waals surface area contributed by atoms with Gasteiger partial charge in [-0.05, 0) is 29.5 Å². The molecule has 0 fully saturated rings. The molecule has 20 heavy (non-hydrogen) atoms. The lowest BCUT2D eigenvalue weighted by molar-refractivity contribution is -0.127. The van der Waals surface area contributed by atoms with E-state index in [4.69, 9.17) is 5.11 Å². The molecule has 110 valence electrons. The van der Waals surface area contributed by atoms with Gasteiger partial charge in [-0.3, -0.25) is 4.79 Å². The van der Waals surface area contributed by atoms with Gasteiger partial charge in [0.1, 0.15) is 0 Å². The maximum absolute atomic E-state index is 11.9. The Morgan fingerprint density at radius 2 is 1.75 bits per heavy atom. The number of carbonyl (C=O) groups excluding carboxylic acids is 1. The minimum absolute atomic E-state index is 0.0445. The first-order valence-corrected chi connectivity index (χ1v) is 6.82. The monoisotopic (exact) mass is 277 g/mol. The summed E-state index contributed by atoms with van der Waals surface area (Å²) < 4.78 is 0. The van der Waals surface area contributed by atoms with Crippen molar-refractivity contribution in [3.05, 3.63) is 35.4 Å². The third kappa shape index (κ3) is 4.68. The molecule has 1 amide bonds. The van der Waals surface area contributed by atoms with Crippen LogP contribution in [-0.2, 0) is 11.2 Å². The van der Waals surface area contributed by atoms with Crippen molar-refractivity contribution >= 4 is 11.9 Å². The minimum Gasteiger partial charge on any atom is -0.478 e. The number of carbonyl (C=O) groups is 2. The second-order valence-corrected chi connectivity index (χ2v) is 6.13. The first-order chi connectivity index (χ1) is 9.21. The Hall–Kier alpha value is -1.84. The molecule has 4 heteroatoms. The Kier molecular flexibility index (Phi) is 5.31. The molecule has 2 N–H and O–H groups in total. The van der Waals surface area contributed by atoms with E-state index in [9.17, 15) is 9.59 Å². The quantitative estimate of drug-likeness (QED) is 0.869. The van der Waals surface area contributed by atoms with Crippen molar-refractivity contribution < 1.29 is 14.7 Å². The molecule has 1 rings (SSSR count). The zero-order valence-electron chi connectivity index (χ0n) is 12.6. The van der Waals surface area contributed by atoms with Crippen LogP contribution >= 0.6 is 0 Å². The van der Waals surface area contributed by atoms with E-state index in [1.54, 1.807) is 24.3 Å².